The minimum Gasteiger partial charge on any atom is -0.486 e. The monoisotopic (exact) mass is 448 g/mol. The molecule has 0 bridgehead atoms. The molecule has 6 nitrogen and oxygen atoms in total. The minimum atomic E-state index is -0.584. The van der Waals surface area contributed by atoms with Crippen molar-refractivity contribution in [3.8, 4) is 28.3 Å². The van der Waals surface area contributed by atoms with E-state index in [2.05, 4.69) is 60.2 Å². The Morgan fingerprint density at radius 1 is 0.909 bits per heavy atom. The summed E-state index contributed by atoms with van der Waals surface area (Å²) in [5.74, 6) is 0.753. The molecular formula is C27H32N2O4. The van der Waals surface area contributed by atoms with E-state index in [-0.39, 0.29) is 12.6 Å². The number of rotatable bonds is 11. The lowest BCUT2D eigenvalue weighted by molar-refractivity contribution is -0.162. The first kappa shape index (κ1) is 24.4. The van der Waals surface area contributed by atoms with E-state index in [4.69, 9.17) is 14.2 Å². The van der Waals surface area contributed by atoms with Gasteiger partial charge in [-0.2, -0.15) is 0 Å². The second kappa shape index (κ2) is 12.1. The van der Waals surface area contributed by atoms with Crippen LogP contribution >= 0.6 is 0 Å². The molecule has 2 atom stereocenters. The Morgan fingerprint density at radius 3 is 2.09 bits per heavy atom. The molecule has 0 saturated heterocycles. The number of unbranched alkanes of at least 4 members (excludes halogenated alkanes) is 1. The zero-order valence-corrected chi connectivity index (χ0v) is 19.8. The van der Waals surface area contributed by atoms with Gasteiger partial charge in [0.2, 0.25) is 0 Å². The standard InChI is InChI=1S/C27H32N2O4/c1-5-6-15-31-21(4)27(30)33-20(3)18-32-25-16-28-26(29-17-25)24-13-11-23(12-14-24)22-9-7-19(2)8-10-22/h7-14,16-17,20-21H,5-6,15,18H2,1-4H3. The SMILES string of the molecule is CCCCOC(C)C(=O)OC(C)COc1cnc(-c2ccc(-c3ccc(C)cc3)cc2)nc1. The van der Waals surface area contributed by atoms with Gasteiger partial charge in [0.1, 0.15) is 12.7 Å². The normalized spacial score (nSPS) is 12.7. The fraction of sp³-hybridized carbons (Fsp3) is 0.370. The van der Waals surface area contributed by atoms with Gasteiger partial charge in [-0.15, -0.1) is 0 Å². The number of nitrogens with zero attached hydrogens (tertiary/aromatic N) is 2. The average Bonchev–Trinajstić information content (AvgIpc) is 2.84. The van der Waals surface area contributed by atoms with Gasteiger partial charge in [0, 0.05) is 12.2 Å². The summed E-state index contributed by atoms with van der Waals surface area (Å²) >= 11 is 0. The number of ether oxygens (including phenoxy) is 3. The Hall–Kier alpha value is -3.25. The van der Waals surface area contributed by atoms with Crippen molar-refractivity contribution in [2.45, 2.75) is 52.7 Å². The van der Waals surface area contributed by atoms with E-state index < -0.39 is 12.2 Å². The molecule has 0 aliphatic carbocycles. The number of carbonyl (C=O) groups excluding carboxylic acids is 1. The lowest BCUT2D eigenvalue weighted by atomic mass is 10.0. The van der Waals surface area contributed by atoms with Crippen molar-refractivity contribution in [2.24, 2.45) is 0 Å². The van der Waals surface area contributed by atoms with Crippen LogP contribution in [0, 0.1) is 6.92 Å². The number of aromatic nitrogens is 2. The van der Waals surface area contributed by atoms with Gasteiger partial charge in [0.25, 0.3) is 0 Å². The molecule has 0 aliphatic heterocycles. The average molecular weight is 449 g/mol. The van der Waals surface area contributed by atoms with Crippen molar-refractivity contribution in [1.82, 2.24) is 9.97 Å². The lowest BCUT2D eigenvalue weighted by Crippen LogP contribution is -2.30. The summed E-state index contributed by atoms with van der Waals surface area (Å²) in [6, 6.07) is 16.6. The van der Waals surface area contributed by atoms with Gasteiger partial charge < -0.3 is 14.2 Å². The molecule has 0 amide bonds. The molecule has 1 heterocycles. The van der Waals surface area contributed by atoms with Crippen molar-refractivity contribution in [1.29, 1.82) is 0 Å². The first-order valence-corrected chi connectivity index (χ1v) is 11.4. The second-order valence-electron chi connectivity index (χ2n) is 8.11. The molecule has 33 heavy (non-hydrogen) atoms. The fourth-order valence-electron chi connectivity index (χ4n) is 3.11. The highest BCUT2D eigenvalue weighted by Crippen LogP contribution is 2.24. The molecule has 0 fully saturated rings. The van der Waals surface area contributed by atoms with Crippen LogP contribution in [0.5, 0.6) is 5.75 Å². The van der Waals surface area contributed by atoms with Crippen molar-refractivity contribution in [2.75, 3.05) is 13.2 Å². The molecule has 2 unspecified atom stereocenters. The highest BCUT2D eigenvalue weighted by atomic mass is 16.6. The van der Waals surface area contributed by atoms with E-state index in [1.807, 2.05) is 12.1 Å². The zero-order chi connectivity index (χ0) is 23.6. The molecule has 0 aliphatic rings. The van der Waals surface area contributed by atoms with Crippen LogP contribution in [0.1, 0.15) is 39.2 Å². The van der Waals surface area contributed by atoms with E-state index in [1.165, 1.54) is 11.1 Å². The molecule has 0 spiro atoms. The maximum Gasteiger partial charge on any atom is 0.335 e. The quantitative estimate of drug-likeness (QED) is 0.279. The predicted octanol–water partition coefficient (Wildman–Crippen LogP) is 5.63. The van der Waals surface area contributed by atoms with Gasteiger partial charge in [-0.25, -0.2) is 14.8 Å². The molecule has 3 rings (SSSR count). The Bertz CT molecular complexity index is 1000. The Kier molecular flexibility index (Phi) is 8.95. The van der Waals surface area contributed by atoms with Crippen LogP contribution in [0.4, 0.5) is 0 Å². The summed E-state index contributed by atoms with van der Waals surface area (Å²) in [4.78, 5) is 20.9. The smallest absolute Gasteiger partial charge is 0.335 e. The van der Waals surface area contributed by atoms with E-state index in [1.54, 1.807) is 26.2 Å². The third kappa shape index (κ3) is 7.39. The molecular weight excluding hydrogens is 416 g/mol. The molecule has 3 aromatic rings. The maximum atomic E-state index is 12.1. The molecule has 0 saturated carbocycles. The highest BCUT2D eigenvalue weighted by Gasteiger charge is 2.18. The van der Waals surface area contributed by atoms with Gasteiger partial charge in [-0.3, -0.25) is 0 Å². The topological polar surface area (TPSA) is 70.5 Å². The summed E-state index contributed by atoms with van der Waals surface area (Å²) in [5.41, 5.74) is 4.49. The van der Waals surface area contributed by atoms with Gasteiger partial charge in [0.15, 0.2) is 17.7 Å². The van der Waals surface area contributed by atoms with E-state index >= 15 is 0 Å². The fourth-order valence-corrected chi connectivity index (χ4v) is 3.11. The molecule has 1 aromatic heterocycles. The number of hydrogen-bond acceptors (Lipinski definition) is 6. The Balaban J connectivity index is 1.50. The van der Waals surface area contributed by atoms with Gasteiger partial charge in [-0.1, -0.05) is 67.4 Å². The van der Waals surface area contributed by atoms with Gasteiger partial charge >= 0.3 is 5.97 Å². The van der Waals surface area contributed by atoms with Crippen molar-refractivity contribution < 1.29 is 19.0 Å². The van der Waals surface area contributed by atoms with Gasteiger partial charge in [0.05, 0.1) is 12.4 Å². The van der Waals surface area contributed by atoms with Crippen LogP contribution in [-0.2, 0) is 14.3 Å². The van der Waals surface area contributed by atoms with E-state index in [0.29, 0.717) is 18.2 Å². The number of carbonyl (C=O) groups is 1. The van der Waals surface area contributed by atoms with Crippen molar-refractivity contribution in [3.63, 3.8) is 0 Å². The van der Waals surface area contributed by atoms with Crippen LogP contribution < -0.4 is 4.74 Å². The molecule has 0 radical (unpaired) electrons. The summed E-state index contributed by atoms with van der Waals surface area (Å²) in [6.07, 6.45) is 4.19. The molecule has 2 aromatic carbocycles. The maximum absolute atomic E-state index is 12.1. The van der Waals surface area contributed by atoms with Crippen molar-refractivity contribution >= 4 is 5.97 Å². The first-order valence-electron chi connectivity index (χ1n) is 11.4. The van der Waals surface area contributed by atoms with Crippen molar-refractivity contribution in [3.05, 3.63) is 66.5 Å². The second-order valence-corrected chi connectivity index (χ2v) is 8.11. The minimum absolute atomic E-state index is 0.210. The number of benzene rings is 2. The molecule has 6 heteroatoms. The van der Waals surface area contributed by atoms with Crippen LogP contribution in [0.15, 0.2) is 60.9 Å². The highest BCUT2D eigenvalue weighted by molar-refractivity contribution is 5.74. The van der Waals surface area contributed by atoms with Crippen LogP contribution in [0.3, 0.4) is 0 Å². The van der Waals surface area contributed by atoms with Crippen LogP contribution in [0.2, 0.25) is 0 Å². The number of esters is 1. The molecule has 174 valence electrons. The third-order valence-corrected chi connectivity index (χ3v) is 5.16. The van der Waals surface area contributed by atoms with E-state index in [9.17, 15) is 4.79 Å². The number of aryl methyl sites for hydroxylation is 1. The van der Waals surface area contributed by atoms with E-state index in [0.717, 1.165) is 24.0 Å². The Morgan fingerprint density at radius 2 is 1.48 bits per heavy atom. The first-order chi connectivity index (χ1) is 16.0. The molecule has 0 N–H and O–H groups in total. The zero-order valence-electron chi connectivity index (χ0n) is 19.8. The summed E-state index contributed by atoms with van der Waals surface area (Å²) < 4.78 is 16.5. The largest absolute Gasteiger partial charge is 0.486 e. The van der Waals surface area contributed by atoms with Crippen LogP contribution in [0.25, 0.3) is 22.5 Å². The summed E-state index contributed by atoms with van der Waals surface area (Å²) in [7, 11) is 0. The lowest BCUT2D eigenvalue weighted by Gasteiger charge is -2.17. The third-order valence-electron chi connectivity index (χ3n) is 5.16. The Labute approximate surface area is 196 Å². The summed E-state index contributed by atoms with van der Waals surface area (Å²) in [5, 5.41) is 0. The van der Waals surface area contributed by atoms with Crippen LogP contribution in [-0.4, -0.2) is 41.4 Å². The summed E-state index contributed by atoms with van der Waals surface area (Å²) in [6.45, 7) is 8.39. The van der Waals surface area contributed by atoms with Gasteiger partial charge in [-0.05, 0) is 38.3 Å². The number of hydrogen-bond donors (Lipinski definition) is 0. The predicted molar refractivity (Wildman–Crippen MR) is 129 cm³/mol.